The summed E-state index contributed by atoms with van der Waals surface area (Å²) >= 11 is 6.04. The molecule has 1 saturated heterocycles. The van der Waals surface area contributed by atoms with E-state index in [1.807, 2.05) is 26.0 Å². The molecule has 0 saturated carbocycles. The van der Waals surface area contributed by atoms with Crippen molar-refractivity contribution in [2.24, 2.45) is 0 Å². The third kappa shape index (κ3) is 6.09. The predicted molar refractivity (Wildman–Crippen MR) is 141 cm³/mol. The van der Waals surface area contributed by atoms with E-state index in [0.29, 0.717) is 11.3 Å². The Bertz CT molecular complexity index is 1570. The van der Waals surface area contributed by atoms with Crippen LogP contribution in [0.5, 0.6) is 5.75 Å². The number of benzene rings is 1. The van der Waals surface area contributed by atoms with Crippen molar-refractivity contribution in [2.45, 2.75) is 52.5 Å². The van der Waals surface area contributed by atoms with Gasteiger partial charge in [-0.3, -0.25) is 0 Å². The van der Waals surface area contributed by atoms with E-state index in [-0.39, 0.29) is 41.3 Å². The summed E-state index contributed by atoms with van der Waals surface area (Å²) in [5.41, 5.74) is 1.01. The van der Waals surface area contributed by atoms with Crippen molar-refractivity contribution in [3.63, 3.8) is 0 Å². The van der Waals surface area contributed by atoms with Gasteiger partial charge in [-0.25, -0.2) is 4.98 Å². The number of ether oxygens (including phenoxy) is 1. The van der Waals surface area contributed by atoms with Crippen LogP contribution in [0.3, 0.4) is 0 Å². The van der Waals surface area contributed by atoms with Crippen molar-refractivity contribution in [3.8, 4) is 28.7 Å². The maximum absolute atomic E-state index is 13.2. The molecule has 5 rings (SSSR count). The minimum absolute atomic E-state index is 0.0215. The molecule has 4 aromatic rings. The third-order valence-electron chi connectivity index (χ3n) is 5.87. The van der Waals surface area contributed by atoms with Crippen molar-refractivity contribution >= 4 is 25.4 Å². The van der Waals surface area contributed by atoms with E-state index in [1.54, 1.807) is 20.8 Å². The molecule has 1 aliphatic rings. The Morgan fingerprint density at radius 2 is 1.88 bits per heavy atom. The summed E-state index contributed by atoms with van der Waals surface area (Å²) in [4.78, 5) is 19.1. The van der Waals surface area contributed by atoms with Crippen LogP contribution in [0.4, 0.5) is 13.2 Å². The molecule has 0 aliphatic carbocycles. The van der Waals surface area contributed by atoms with Crippen molar-refractivity contribution in [2.75, 3.05) is 13.2 Å². The number of hydrogen-bond donors (Lipinski definition) is 1. The number of aryl methyl sites for hydroxylation is 2. The van der Waals surface area contributed by atoms with Gasteiger partial charge in [-0.1, -0.05) is 11.6 Å². The van der Waals surface area contributed by atoms with Gasteiger partial charge in [0.15, 0.2) is 5.65 Å². The normalized spacial score (nSPS) is 18.4. The first-order chi connectivity index (χ1) is 18.6. The van der Waals surface area contributed by atoms with Gasteiger partial charge in [0.2, 0.25) is 0 Å². The quantitative estimate of drug-likeness (QED) is 0.252. The van der Waals surface area contributed by atoms with Gasteiger partial charge < -0.3 is 4.40 Å². The molecule has 1 atom stereocenters. The van der Waals surface area contributed by atoms with Crippen LogP contribution in [0.15, 0.2) is 35.1 Å². The van der Waals surface area contributed by atoms with Crippen LogP contribution in [0.1, 0.15) is 37.5 Å². The zero-order valence-electron chi connectivity index (χ0n) is 22.2. The first-order valence-corrected chi connectivity index (χ1v) is 14.2. The van der Waals surface area contributed by atoms with Gasteiger partial charge in [-0.15, -0.1) is 0 Å². The summed E-state index contributed by atoms with van der Waals surface area (Å²) in [7, 11) is -3.72. The summed E-state index contributed by atoms with van der Waals surface area (Å²) in [6.45, 7) is 9.38. The number of fused-ring (bicyclic) bond motifs is 1. The van der Waals surface area contributed by atoms with Crippen LogP contribution < -0.4 is 4.74 Å². The van der Waals surface area contributed by atoms with Crippen LogP contribution in [0.2, 0.25) is 5.02 Å². The van der Waals surface area contributed by atoms with E-state index in [9.17, 15) is 18.1 Å². The molecule has 3 aromatic heterocycles. The summed E-state index contributed by atoms with van der Waals surface area (Å²) in [5, 5.41) is 3.87. The van der Waals surface area contributed by atoms with Crippen LogP contribution in [0.25, 0.3) is 28.6 Å². The molecule has 40 heavy (non-hydrogen) atoms. The molecule has 0 unspecified atom stereocenters. The number of rotatable bonds is 6. The fourth-order valence-electron chi connectivity index (χ4n) is 4.12. The first-order valence-electron chi connectivity index (χ1n) is 12.2. The first kappa shape index (κ1) is 28.7. The number of halogens is 4. The van der Waals surface area contributed by atoms with E-state index in [4.69, 9.17) is 34.4 Å². The zero-order valence-corrected chi connectivity index (χ0v) is 23.9. The minimum atomic E-state index is -4.56. The van der Waals surface area contributed by atoms with Crippen LogP contribution in [-0.2, 0) is 19.7 Å². The van der Waals surface area contributed by atoms with Gasteiger partial charge >= 0.3 is 164 Å². The molecule has 1 aliphatic heterocycles. The molecule has 0 amide bonds. The molecule has 0 bridgehead atoms. The Hall–Kier alpha value is -2.80. The van der Waals surface area contributed by atoms with E-state index >= 15 is 0 Å². The summed E-state index contributed by atoms with van der Waals surface area (Å²) in [6.07, 6.45) is -2.82. The van der Waals surface area contributed by atoms with Gasteiger partial charge in [-0.2, -0.15) is 13.2 Å². The van der Waals surface area contributed by atoms with Crippen molar-refractivity contribution in [1.29, 1.82) is 0 Å². The van der Waals surface area contributed by atoms with Crippen LogP contribution >= 0.6 is 19.8 Å². The van der Waals surface area contributed by atoms with E-state index < -0.39 is 31.6 Å². The van der Waals surface area contributed by atoms with E-state index in [2.05, 4.69) is 15.1 Å². The van der Waals surface area contributed by atoms with Crippen LogP contribution in [-0.4, -0.2) is 49.3 Å². The fraction of sp³-hybridized carbons (Fsp3) is 0.400. The van der Waals surface area contributed by atoms with Gasteiger partial charge in [0.05, 0.1) is 10.6 Å². The number of aromatic nitrogens is 4. The standard InChI is InChI=1S/C25H27ClF3N4O6P/c1-13-7-20(35-11-16-12-36-40(34,38-16)39-24(3,4)5)14(2)6-17(13)21-31-23(37-32-21)19-10-33-9-15(25(27,28)29)8-18(26)22(33)30-19/h6-10,16,34,40H,11-12H2,1-5H3/t16-/m0/s1. The Balaban J connectivity index is 1.31. The number of hydrogen-bond acceptors (Lipinski definition) is 9. The molecule has 1 aromatic carbocycles. The second-order valence-corrected chi connectivity index (χ2v) is 12.6. The van der Waals surface area contributed by atoms with Gasteiger partial charge in [0.1, 0.15) is 0 Å². The van der Waals surface area contributed by atoms with Crippen LogP contribution in [0, 0.1) is 13.8 Å². The monoisotopic (exact) mass is 602 g/mol. The number of pyridine rings is 1. The Kier molecular flexibility index (Phi) is 7.35. The molecule has 1 N–H and O–H groups in total. The summed E-state index contributed by atoms with van der Waals surface area (Å²) in [5.74, 6) is 0.885. The van der Waals surface area contributed by atoms with Gasteiger partial charge in [0, 0.05) is 12.4 Å². The molecular weight excluding hydrogens is 576 g/mol. The van der Waals surface area contributed by atoms with E-state index in [0.717, 1.165) is 23.4 Å². The molecule has 0 radical (unpaired) electrons. The van der Waals surface area contributed by atoms with Crippen molar-refractivity contribution < 1.29 is 40.9 Å². The molecule has 10 nitrogen and oxygen atoms in total. The molecule has 216 valence electrons. The van der Waals surface area contributed by atoms with Crippen molar-refractivity contribution in [3.05, 3.63) is 52.3 Å². The number of nitrogens with zero attached hydrogens (tertiary/aromatic N) is 4. The zero-order chi connectivity index (χ0) is 29.0. The molecule has 4 heterocycles. The number of alkyl halides is 3. The predicted octanol–water partition coefficient (Wildman–Crippen LogP) is 6.35. The number of imidazole rings is 1. The maximum atomic E-state index is 13.2. The topological polar surface area (TPSA) is 113 Å². The van der Waals surface area contributed by atoms with E-state index in [1.165, 1.54) is 10.6 Å². The average molecular weight is 603 g/mol. The second-order valence-electron chi connectivity index (χ2n) is 10.4. The Morgan fingerprint density at radius 1 is 1.12 bits per heavy atom. The Morgan fingerprint density at radius 3 is 2.58 bits per heavy atom. The summed E-state index contributed by atoms with van der Waals surface area (Å²) in [6, 6.07) is 4.46. The third-order valence-corrected chi connectivity index (χ3v) is 8.18. The molecule has 0 spiro atoms. The SMILES string of the molecule is Cc1cc(-c2noc(-c3cn4cc(C(F)(F)F)cc(Cl)c4n3)n2)c(C)cc1OC[C@H]1CO[PH](O)(OC(C)(C)C)O1. The van der Waals surface area contributed by atoms with Crippen molar-refractivity contribution in [1.82, 2.24) is 19.5 Å². The summed E-state index contributed by atoms with van der Waals surface area (Å²) < 4.78 is 68.6. The Labute approximate surface area is 232 Å². The van der Waals surface area contributed by atoms with Gasteiger partial charge in [0.25, 0.3) is 0 Å². The molecular formula is C25H27ClF3N4O6P. The molecule has 1 fully saturated rings. The second kappa shape index (κ2) is 10.2. The fourth-order valence-corrected chi connectivity index (χ4v) is 6.28. The van der Waals surface area contributed by atoms with Gasteiger partial charge in [-0.05, 0) is 6.07 Å². The molecule has 15 heteroatoms. The average Bonchev–Trinajstić information content (AvgIpc) is 3.56.